The molecule has 0 radical (unpaired) electrons. The van der Waals surface area contributed by atoms with Crippen LogP contribution in [0.2, 0.25) is 0 Å². The van der Waals surface area contributed by atoms with Gasteiger partial charge in [-0.3, -0.25) is 4.79 Å². The molecule has 140 valence electrons. The third-order valence-corrected chi connectivity index (χ3v) is 6.02. The van der Waals surface area contributed by atoms with Gasteiger partial charge in [0.25, 0.3) is 0 Å². The SMILES string of the molecule is CCn1c(SCC(=O)Nc2cccc(C)c2C)nnc1-c1ccccc1Br. The molecule has 5 nitrogen and oxygen atoms in total. The fourth-order valence-electron chi connectivity index (χ4n) is 2.73. The van der Waals surface area contributed by atoms with Crippen molar-refractivity contribution < 1.29 is 4.79 Å². The largest absolute Gasteiger partial charge is 0.325 e. The Labute approximate surface area is 171 Å². The maximum atomic E-state index is 12.4. The van der Waals surface area contributed by atoms with E-state index >= 15 is 0 Å². The number of hydrogen-bond donors (Lipinski definition) is 1. The first-order valence-corrected chi connectivity index (χ1v) is 10.5. The average Bonchev–Trinajstić information content (AvgIpc) is 3.07. The molecule has 27 heavy (non-hydrogen) atoms. The van der Waals surface area contributed by atoms with E-state index in [0.29, 0.717) is 0 Å². The van der Waals surface area contributed by atoms with Crippen LogP contribution in [0, 0.1) is 13.8 Å². The Morgan fingerprint density at radius 3 is 2.67 bits per heavy atom. The maximum absolute atomic E-state index is 12.4. The number of carbonyl (C=O) groups is 1. The number of benzene rings is 2. The lowest BCUT2D eigenvalue weighted by Gasteiger charge is -2.11. The highest BCUT2D eigenvalue weighted by Crippen LogP contribution is 2.29. The molecule has 1 N–H and O–H groups in total. The minimum Gasteiger partial charge on any atom is -0.325 e. The van der Waals surface area contributed by atoms with Crippen LogP contribution in [0.1, 0.15) is 18.1 Å². The van der Waals surface area contributed by atoms with Gasteiger partial charge < -0.3 is 9.88 Å². The first kappa shape index (κ1) is 19.6. The van der Waals surface area contributed by atoms with Crippen molar-refractivity contribution >= 4 is 39.3 Å². The first-order valence-electron chi connectivity index (χ1n) is 8.68. The molecule has 1 aromatic heterocycles. The number of aryl methyl sites for hydroxylation is 1. The van der Waals surface area contributed by atoms with Gasteiger partial charge in [0.15, 0.2) is 11.0 Å². The highest BCUT2D eigenvalue weighted by molar-refractivity contribution is 9.10. The fourth-order valence-corrected chi connectivity index (χ4v) is 3.99. The number of rotatable bonds is 6. The minimum atomic E-state index is -0.0539. The third kappa shape index (κ3) is 4.42. The second-order valence-corrected chi connectivity index (χ2v) is 7.91. The second kappa shape index (κ2) is 8.71. The Morgan fingerprint density at radius 2 is 1.93 bits per heavy atom. The van der Waals surface area contributed by atoms with Gasteiger partial charge in [-0.15, -0.1) is 10.2 Å². The lowest BCUT2D eigenvalue weighted by molar-refractivity contribution is -0.113. The van der Waals surface area contributed by atoms with Crippen LogP contribution >= 0.6 is 27.7 Å². The molecule has 0 fully saturated rings. The molecule has 7 heteroatoms. The second-order valence-electron chi connectivity index (χ2n) is 6.11. The standard InChI is InChI=1S/C20H21BrN4OS/c1-4-25-19(15-9-5-6-10-16(15)21)23-24-20(25)27-12-18(26)22-17-11-7-8-13(2)14(17)3/h5-11H,4,12H2,1-3H3,(H,22,26). The van der Waals surface area contributed by atoms with Crippen molar-refractivity contribution in [2.75, 3.05) is 11.1 Å². The predicted octanol–water partition coefficient (Wildman–Crippen LogP) is 5.08. The van der Waals surface area contributed by atoms with E-state index in [0.717, 1.165) is 44.4 Å². The van der Waals surface area contributed by atoms with Crippen LogP contribution in [0.5, 0.6) is 0 Å². The Kier molecular flexibility index (Phi) is 6.34. The van der Waals surface area contributed by atoms with Gasteiger partial charge in [-0.2, -0.15) is 0 Å². The van der Waals surface area contributed by atoms with E-state index in [1.165, 1.54) is 11.8 Å². The molecule has 0 spiro atoms. The average molecular weight is 445 g/mol. The summed E-state index contributed by atoms with van der Waals surface area (Å²) in [4.78, 5) is 12.4. The number of aromatic nitrogens is 3. The molecule has 0 saturated heterocycles. The summed E-state index contributed by atoms with van der Waals surface area (Å²) >= 11 is 4.96. The van der Waals surface area contributed by atoms with Gasteiger partial charge in [-0.05, 0) is 44.0 Å². The molecule has 0 atom stereocenters. The first-order chi connectivity index (χ1) is 13.0. The third-order valence-electron chi connectivity index (χ3n) is 4.36. The van der Waals surface area contributed by atoms with Crippen molar-refractivity contribution in [2.24, 2.45) is 0 Å². The van der Waals surface area contributed by atoms with E-state index in [4.69, 9.17) is 0 Å². The van der Waals surface area contributed by atoms with Crippen LogP contribution < -0.4 is 5.32 Å². The van der Waals surface area contributed by atoms with Crippen LogP contribution in [-0.4, -0.2) is 26.4 Å². The molecule has 0 aliphatic rings. The number of carbonyl (C=O) groups excluding carboxylic acids is 1. The van der Waals surface area contributed by atoms with Gasteiger partial charge in [0, 0.05) is 22.3 Å². The Morgan fingerprint density at radius 1 is 1.15 bits per heavy atom. The van der Waals surface area contributed by atoms with Crippen LogP contribution in [0.4, 0.5) is 5.69 Å². The van der Waals surface area contributed by atoms with Gasteiger partial charge in [0.1, 0.15) is 0 Å². The number of nitrogens with zero attached hydrogens (tertiary/aromatic N) is 3. The van der Waals surface area contributed by atoms with E-state index in [2.05, 4.69) is 31.4 Å². The van der Waals surface area contributed by atoms with Gasteiger partial charge in [-0.1, -0.05) is 58.0 Å². The molecule has 1 heterocycles. The molecule has 3 aromatic rings. The summed E-state index contributed by atoms with van der Waals surface area (Å²) in [5, 5.41) is 12.3. The van der Waals surface area contributed by atoms with Gasteiger partial charge >= 0.3 is 0 Å². The van der Waals surface area contributed by atoms with Gasteiger partial charge in [-0.25, -0.2) is 0 Å². The van der Waals surface area contributed by atoms with Crippen molar-refractivity contribution in [3.05, 3.63) is 58.1 Å². The van der Waals surface area contributed by atoms with Crippen molar-refractivity contribution in [3.63, 3.8) is 0 Å². The van der Waals surface area contributed by atoms with Crippen LogP contribution in [-0.2, 0) is 11.3 Å². The normalized spacial score (nSPS) is 10.8. The van der Waals surface area contributed by atoms with Crippen LogP contribution in [0.3, 0.4) is 0 Å². The summed E-state index contributed by atoms with van der Waals surface area (Å²) < 4.78 is 2.99. The summed E-state index contributed by atoms with van der Waals surface area (Å²) in [6, 6.07) is 13.8. The number of thioether (sulfide) groups is 1. The smallest absolute Gasteiger partial charge is 0.234 e. The molecular weight excluding hydrogens is 424 g/mol. The summed E-state index contributed by atoms with van der Waals surface area (Å²) in [5.74, 6) is 1.02. The number of amides is 1. The maximum Gasteiger partial charge on any atom is 0.234 e. The molecule has 0 aliphatic carbocycles. The number of hydrogen-bond acceptors (Lipinski definition) is 4. The van der Waals surface area contributed by atoms with E-state index in [9.17, 15) is 4.79 Å². The summed E-state index contributed by atoms with van der Waals surface area (Å²) in [5.41, 5.74) is 4.08. The van der Waals surface area contributed by atoms with Gasteiger partial charge in [0.05, 0.1) is 5.75 Å². The molecule has 0 saturated carbocycles. The van der Waals surface area contributed by atoms with Crippen molar-refractivity contribution in [1.29, 1.82) is 0 Å². The number of nitrogens with one attached hydrogen (secondary N) is 1. The quantitative estimate of drug-likeness (QED) is 0.538. The summed E-state index contributed by atoms with van der Waals surface area (Å²) in [6.07, 6.45) is 0. The zero-order valence-corrected chi connectivity index (χ0v) is 17.9. The number of halogens is 1. The molecule has 0 bridgehead atoms. The Bertz CT molecular complexity index is 970. The monoisotopic (exact) mass is 444 g/mol. The van der Waals surface area contributed by atoms with E-state index in [1.54, 1.807) is 0 Å². The van der Waals surface area contributed by atoms with E-state index in [-0.39, 0.29) is 11.7 Å². The van der Waals surface area contributed by atoms with E-state index < -0.39 is 0 Å². The lowest BCUT2D eigenvalue weighted by atomic mass is 10.1. The molecule has 0 unspecified atom stereocenters. The molecule has 3 rings (SSSR count). The molecule has 0 aliphatic heterocycles. The van der Waals surface area contributed by atoms with Gasteiger partial charge in [0.2, 0.25) is 5.91 Å². The predicted molar refractivity (Wildman–Crippen MR) is 114 cm³/mol. The van der Waals surface area contributed by atoms with Crippen LogP contribution in [0.15, 0.2) is 52.1 Å². The summed E-state index contributed by atoms with van der Waals surface area (Å²) in [6.45, 7) is 6.82. The molecule has 1 amide bonds. The van der Waals surface area contributed by atoms with Crippen molar-refractivity contribution in [2.45, 2.75) is 32.5 Å². The van der Waals surface area contributed by atoms with E-state index in [1.807, 2.05) is 67.8 Å². The van der Waals surface area contributed by atoms with Crippen molar-refractivity contribution in [1.82, 2.24) is 14.8 Å². The molecular formula is C20H21BrN4OS. The number of anilines is 1. The zero-order valence-electron chi connectivity index (χ0n) is 15.5. The Hall–Kier alpha value is -2.12. The summed E-state index contributed by atoms with van der Waals surface area (Å²) in [7, 11) is 0. The Balaban J connectivity index is 1.72. The lowest BCUT2D eigenvalue weighted by Crippen LogP contribution is -2.15. The highest BCUT2D eigenvalue weighted by atomic mass is 79.9. The zero-order chi connectivity index (χ0) is 19.4. The highest BCUT2D eigenvalue weighted by Gasteiger charge is 2.16. The van der Waals surface area contributed by atoms with Crippen LogP contribution in [0.25, 0.3) is 11.4 Å². The van der Waals surface area contributed by atoms with Crippen molar-refractivity contribution in [3.8, 4) is 11.4 Å². The minimum absolute atomic E-state index is 0.0539. The fraction of sp³-hybridized carbons (Fsp3) is 0.250. The topological polar surface area (TPSA) is 59.8 Å². The molecule has 2 aromatic carbocycles.